The van der Waals surface area contributed by atoms with E-state index in [0.29, 0.717) is 6.42 Å². The summed E-state index contributed by atoms with van der Waals surface area (Å²) >= 11 is 2.28. The van der Waals surface area contributed by atoms with Crippen LogP contribution in [0, 0.1) is 10.5 Å². The molecule has 0 unspecified atom stereocenters. The van der Waals surface area contributed by atoms with Crippen LogP contribution in [0.4, 0.5) is 5.82 Å². The highest BCUT2D eigenvalue weighted by molar-refractivity contribution is 14.1. The minimum Gasteiger partial charge on any atom is -0.369 e. The van der Waals surface area contributed by atoms with Crippen molar-refractivity contribution in [2.75, 3.05) is 11.9 Å². The first-order valence-corrected chi connectivity index (χ1v) is 7.95. The van der Waals surface area contributed by atoms with Gasteiger partial charge in [-0.25, -0.2) is 15.0 Å². The normalized spacial score (nSPS) is 11.0. The standard InChI is InChI=1S/C15H16IN5/c1-3-17-15-14(16)9(2)18-12(21-15)8-13-19-10-6-4-5-7-11(10)20-13/h4-7H,3,8H2,1-2H3,(H,19,20)(H,17,18,21). The number of anilines is 1. The van der Waals surface area contributed by atoms with E-state index in [2.05, 4.69) is 54.8 Å². The van der Waals surface area contributed by atoms with Crippen LogP contribution in [0.2, 0.25) is 0 Å². The molecule has 108 valence electrons. The van der Waals surface area contributed by atoms with Gasteiger partial charge in [-0.2, -0.15) is 0 Å². The van der Waals surface area contributed by atoms with E-state index in [0.717, 1.165) is 44.3 Å². The summed E-state index contributed by atoms with van der Waals surface area (Å²) in [6.45, 7) is 4.91. The first-order valence-electron chi connectivity index (χ1n) is 6.88. The lowest BCUT2D eigenvalue weighted by Crippen LogP contribution is -2.08. The summed E-state index contributed by atoms with van der Waals surface area (Å²) in [5, 5.41) is 3.28. The summed E-state index contributed by atoms with van der Waals surface area (Å²) in [7, 11) is 0. The van der Waals surface area contributed by atoms with Crippen molar-refractivity contribution in [3.05, 3.63) is 45.2 Å². The number of hydrogen-bond donors (Lipinski definition) is 2. The Balaban J connectivity index is 1.93. The maximum Gasteiger partial charge on any atom is 0.143 e. The van der Waals surface area contributed by atoms with Crippen molar-refractivity contribution in [2.24, 2.45) is 0 Å². The second-order valence-corrected chi connectivity index (χ2v) is 5.87. The van der Waals surface area contributed by atoms with Gasteiger partial charge in [0.15, 0.2) is 0 Å². The highest BCUT2D eigenvalue weighted by atomic mass is 127. The van der Waals surface area contributed by atoms with E-state index < -0.39 is 0 Å². The van der Waals surface area contributed by atoms with Crippen LogP contribution in [-0.4, -0.2) is 26.5 Å². The zero-order chi connectivity index (χ0) is 14.8. The van der Waals surface area contributed by atoms with E-state index in [1.165, 1.54) is 0 Å². The van der Waals surface area contributed by atoms with Gasteiger partial charge in [0, 0.05) is 6.54 Å². The Morgan fingerprint density at radius 1 is 1.19 bits per heavy atom. The summed E-state index contributed by atoms with van der Waals surface area (Å²) in [6.07, 6.45) is 0.602. The molecule has 3 aromatic rings. The first kappa shape index (κ1) is 14.2. The van der Waals surface area contributed by atoms with Crippen molar-refractivity contribution < 1.29 is 0 Å². The van der Waals surface area contributed by atoms with Crippen LogP contribution in [0.1, 0.15) is 24.3 Å². The second kappa shape index (κ2) is 5.97. The molecule has 0 radical (unpaired) electrons. The topological polar surface area (TPSA) is 66.5 Å². The maximum atomic E-state index is 4.60. The number of para-hydroxylation sites is 2. The smallest absolute Gasteiger partial charge is 0.143 e. The molecule has 6 heteroatoms. The van der Waals surface area contributed by atoms with Crippen LogP contribution in [0.5, 0.6) is 0 Å². The quantitative estimate of drug-likeness (QED) is 0.668. The van der Waals surface area contributed by atoms with Crippen LogP contribution in [0.15, 0.2) is 24.3 Å². The van der Waals surface area contributed by atoms with Gasteiger partial charge in [0.05, 0.1) is 26.7 Å². The number of rotatable bonds is 4. The second-order valence-electron chi connectivity index (χ2n) is 4.80. The number of aromatic nitrogens is 4. The highest BCUT2D eigenvalue weighted by Crippen LogP contribution is 2.19. The molecule has 0 bridgehead atoms. The molecule has 0 saturated heterocycles. The number of aromatic amines is 1. The molecular weight excluding hydrogens is 377 g/mol. The van der Waals surface area contributed by atoms with Gasteiger partial charge in [-0.3, -0.25) is 0 Å². The summed E-state index contributed by atoms with van der Waals surface area (Å²) in [6, 6.07) is 8.01. The van der Waals surface area contributed by atoms with Gasteiger partial charge in [-0.05, 0) is 48.6 Å². The van der Waals surface area contributed by atoms with Crippen molar-refractivity contribution in [2.45, 2.75) is 20.3 Å². The highest BCUT2D eigenvalue weighted by Gasteiger charge is 2.11. The van der Waals surface area contributed by atoms with Crippen LogP contribution in [-0.2, 0) is 6.42 Å². The van der Waals surface area contributed by atoms with Gasteiger partial charge in [0.25, 0.3) is 0 Å². The molecule has 0 saturated carbocycles. The molecule has 0 atom stereocenters. The molecule has 0 aliphatic heterocycles. The molecule has 21 heavy (non-hydrogen) atoms. The molecule has 2 N–H and O–H groups in total. The number of nitrogens with one attached hydrogen (secondary N) is 2. The Hall–Kier alpha value is -1.70. The van der Waals surface area contributed by atoms with E-state index in [9.17, 15) is 0 Å². The number of H-pyrrole nitrogens is 1. The molecule has 0 aliphatic carbocycles. The molecule has 2 aromatic heterocycles. The lowest BCUT2D eigenvalue weighted by molar-refractivity contribution is 0.893. The molecule has 2 heterocycles. The third kappa shape index (κ3) is 2.99. The summed E-state index contributed by atoms with van der Waals surface area (Å²) in [5.41, 5.74) is 3.01. The maximum absolute atomic E-state index is 4.60. The predicted octanol–water partition coefficient (Wildman–Crippen LogP) is 3.29. The average molecular weight is 393 g/mol. The van der Waals surface area contributed by atoms with E-state index in [4.69, 9.17) is 0 Å². The van der Waals surface area contributed by atoms with Gasteiger partial charge in [-0.1, -0.05) is 12.1 Å². The summed E-state index contributed by atoms with van der Waals surface area (Å²) < 4.78 is 1.07. The summed E-state index contributed by atoms with van der Waals surface area (Å²) in [5.74, 6) is 2.57. The minimum atomic E-state index is 0.602. The SMILES string of the molecule is CCNc1nc(Cc2nc3ccccc3[nH]2)nc(C)c1I. The lowest BCUT2D eigenvalue weighted by Gasteiger charge is -2.09. The molecular formula is C15H16IN5. The monoisotopic (exact) mass is 393 g/mol. The van der Waals surface area contributed by atoms with Gasteiger partial charge >= 0.3 is 0 Å². The first-order chi connectivity index (χ1) is 10.2. The zero-order valence-electron chi connectivity index (χ0n) is 11.9. The van der Waals surface area contributed by atoms with E-state index in [1.807, 2.05) is 31.2 Å². The van der Waals surface area contributed by atoms with E-state index in [-0.39, 0.29) is 0 Å². The van der Waals surface area contributed by atoms with Gasteiger partial charge < -0.3 is 10.3 Å². The fraction of sp³-hybridized carbons (Fsp3) is 0.267. The fourth-order valence-corrected chi connectivity index (χ4v) is 2.65. The van der Waals surface area contributed by atoms with Crippen LogP contribution in [0.25, 0.3) is 11.0 Å². The van der Waals surface area contributed by atoms with Crippen molar-refractivity contribution in [3.8, 4) is 0 Å². The Bertz CT molecular complexity index is 748. The largest absolute Gasteiger partial charge is 0.369 e. The number of halogens is 1. The Morgan fingerprint density at radius 2 is 2.00 bits per heavy atom. The Morgan fingerprint density at radius 3 is 2.76 bits per heavy atom. The fourth-order valence-electron chi connectivity index (χ4n) is 2.22. The Kier molecular flexibility index (Phi) is 4.05. The zero-order valence-corrected chi connectivity index (χ0v) is 14.1. The molecule has 5 nitrogen and oxygen atoms in total. The number of aryl methyl sites for hydroxylation is 1. The van der Waals surface area contributed by atoms with Gasteiger partial charge in [0.2, 0.25) is 0 Å². The van der Waals surface area contributed by atoms with E-state index in [1.54, 1.807) is 0 Å². The van der Waals surface area contributed by atoms with Crippen molar-refractivity contribution in [3.63, 3.8) is 0 Å². The molecule has 1 aromatic carbocycles. The van der Waals surface area contributed by atoms with Crippen molar-refractivity contribution >= 4 is 39.4 Å². The molecule has 0 spiro atoms. The molecule has 0 amide bonds. The average Bonchev–Trinajstić information content (AvgIpc) is 2.86. The van der Waals surface area contributed by atoms with Gasteiger partial charge in [0.1, 0.15) is 17.5 Å². The molecule has 0 aliphatic rings. The van der Waals surface area contributed by atoms with Crippen LogP contribution in [0.3, 0.4) is 0 Å². The van der Waals surface area contributed by atoms with Crippen molar-refractivity contribution in [1.29, 1.82) is 0 Å². The van der Waals surface area contributed by atoms with Crippen LogP contribution < -0.4 is 5.32 Å². The summed E-state index contributed by atoms with van der Waals surface area (Å²) in [4.78, 5) is 17.1. The number of imidazole rings is 1. The Labute approximate surface area is 136 Å². The number of hydrogen-bond acceptors (Lipinski definition) is 4. The number of benzene rings is 1. The van der Waals surface area contributed by atoms with Crippen molar-refractivity contribution in [1.82, 2.24) is 19.9 Å². The molecule has 0 fully saturated rings. The number of nitrogens with zero attached hydrogens (tertiary/aromatic N) is 3. The lowest BCUT2D eigenvalue weighted by atomic mass is 10.3. The third-order valence-electron chi connectivity index (χ3n) is 3.17. The number of fused-ring (bicyclic) bond motifs is 1. The molecule has 3 rings (SSSR count). The van der Waals surface area contributed by atoms with Crippen LogP contribution >= 0.6 is 22.6 Å². The minimum absolute atomic E-state index is 0.602. The predicted molar refractivity (Wildman–Crippen MR) is 92.5 cm³/mol. The van der Waals surface area contributed by atoms with E-state index >= 15 is 0 Å². The third-order valence-corrected chi connectivity index (χ3v) is 4.46. The van der Waals surface area contributed by atoms with Gasteiger partial charge in [-0.15, -0.1) is 0 Å².